The zero-order valence-corrected chi connectivity index (χ0v) is 12.1. The van der Waals surface area contributed by atoms with Gasteiger partial charge in [-0.2, -0.15) is 0 Å². The maximum absolute atomic E-state index is 11.7. The maximum Gasteiger partial charge on any atom is 0.321 e. The molecule has 1 rings (SSSR count). The van der Waals surface area contributed by atoms with Crippen molar-refractivity contribution in [3.63, 3.8) is 0 Å². The molecule has 1 atom stereocenters. The average Bonchev–Trinajstić information content (AvgIpc) is 2.45. The van der Waals surface area contributed by atoms with E-state index in [0.29, 0.717) is 19.7 Å². The topological polar surface area (TPSA) is 87.7 Å². The van der Waals surface area contributed by atoms with Crippen molar-refractivity contribution in [3.05, 3.63) is 0 Å². The van der Waals surface area contributed by atoms with Gasteiger partial charge in [-0.25, -0.2) is 4.79 Å². The first kappa shape index (κ1) is 16.4. The molecule has 114 valence electrons. The molecule has 0 radical (unpaired) electrons. The Labute approximate surface area is 119 Å². The van der Waals surface area contributed by atoms with Crippen LogP contribution in [0.3, 0.4) is 0 Å². The molecule has 20 heavy (non-hydrogen) atoms. The minimum Gasteiger partial charge on any atom is -0.466 e. The van der Waals surface area contributed by atoms with Crippen LogP contribution >= 0.6 is 0 Å². The fourth-order valence-electron chi connectivity index (χ4n) is 2.22. The van der Waals surface area contributed by atoms with Crippen LogP contribution in [0.2, 0.25) is 0 Å². The van der Waals surface area contributed by atoms with E-state index in [9.17, 15) is 14.4 Å². The molecule has 1 aliphatic heterocycles. The molecule has 0 spiro atoms. The Hall–Kier alpha value is -1.63. The molecule has 7 heteroatoms. The largest absolute Gasteiger partial charge is 0.466 e. The van der Waals surface area contributed by atoms with Crippen molar-refractivity contribution in [2.24, 2.45) is 5.92 Å². The summed E-state index contributed by atoms with van der Waals surface area (Å²) in [7, 11) is 1.46. The number of hydrogen-bond donors (Lipinski definition) is 2. The lowest BCUT2D eigenvalue weighted by Crippen LogP contribution is -2.42. The molecular formula is C13H23N3O4. The fourth-order valence-corrected chi connectivity index (χ4v) is 2.22. The Morgan fingerprint density at radius 1 is 1.35 bits per heavy atom. The molecule has 3 amide bonds. The monoisotopic (exact) mass is 285 g/mol. The first-order valence-electron chi connectivity index (χ1n) is 6.97. The summed E-state index contributed by atoms with van der Waals surface area (Å²) in [5.74, 6) is -0.583. The third-order valence-electron chi connectivity index (χ3n) is 3.26. The van der Waals surface area contributed by atoms with Crippen molar-refractivity contribution in [2.45, 2.75) is 26.2 Å². The number of imide groups is 1. The van der Waals surface area contributed by atoms with Crippen LogP contribution in [-0.2, 0) is 14.3 Å². The molecule has 1 fully saturated rings. The summed E-state index contributed by atoms with van der Waals surface area (Å²) in [5, 5.41) is 4.54. The average molecular weight is 285 g/mol. The van der Waals surface area contributed by atoms with Crippen molar-refractivity contribution >= 4 is 17.9 Å². The summed E-state index contributed by atoms with van der Waals surface area (Å²) in [4.78, 5) is 36.2. The van der Waals surface area contributed by atoms with E-state index in [2.05, 4.69) is 15.5 Å². The van der Waals surface area contributed by atoms with Gasteiger partial charge in [0, 0.05) is 26.6 Å². The van der Waals surface area contributed by atoms with Gasteiger partial charge in [-0.1, -0.05) is 0 Å². The molecule has 0 bridgehead atoms. The molecule has 1 saturated heterocycles. The van der Waals surface area contributed by atoms with Gasteiger partial charge in [0.2, 0.25) is 5.91 Å². The lowest BCUT2D eigenvalue weighted by atomic mass is 9.98. The summed E-state index contributed by atoms with van der Waals surface area (Å²) in [6.45, 7) is 4.21. The smallest absolute Gasteiger partial charge is 0.321 e. The van der Waals surface area contributed by atoms with Crippen molar-refractivity contribution in [2.75, 3.05) is 33.3 Å². The number of amides is 3. The standard InChI is InChI=1S/C13H23N3O4/c1-3-20-12(18)10-5-4-7-16(9-10)8-6-11(17)15-13(19)14-2/h10H,3-9H2,1-2H3,(H2,14,15,17,19)/t10-/m1/s1. The summed E-state index contributed by atoms with van der Waals surface area (Å²) in [6.07, 6.45) is 1.99. The second-order valence-corrected chi connectivity index (χ2v) is 4.77. The third kappa shape index (κ3) is 5.56. The number of urea groups is 1. The number of hydrogen-bond acceptors (Lipinski definition) is 5. The predicted octanol–water partition coefficient (Wildman–Crippen LogP) is 0.107. The van der Waals surface area contributed by atoms with Gasteiger partial charge >= 0.3 is 12.0 Å². The first-order valence-corrected chi connectivity index (χ1v) is 6.97. The summed E-state index contributed by atoms with van der Waals surface area (Å²) in [6, 6.07) is -0.502. The number of ether oxygens (including phenoxy) is 1. The van der Waals surface area contributed by atoms with Crippen molar-refractivity contribution < 1.29 is 19.1 Å². The third-order valence-corrected chi connectivity index (χ3v) is 3.26. The molecule has 0 aromatic rings. The van der Waals surface area contributed by atoms with Crippen LogP contribution in [-0.4, -0.2) is 56.1 Å². The van der Waals surface area contributed by atoms with E-state index in [-0.39, 0.29) is 24.2 Å². The fraction of sp³-hybridized carbons (Fsp3) is 0.769. The normalized spacial score (nSPS) is 19.2. The molecule has 1 aliphatic rings. The van der Waals surface area contributed by atoms with E-state index in [1.54, 1.807) is 6.92 Å². The van der Waals surface area contributed by atoms with E-state index in [4.69, 9.17) is 4.74 Å². The van der Waals surface area contributed by atoms with Crippen LogP contribution in [0.25, 0.3) is 0 Å². The van der Waals surface area contributed by atoms with Gasteiger partial charge in [0.25, 0.3) is 0 Å². The Bertz CT molecular complexity index is 360. The Kier molecular flexibility index (Phi) is 7.00. The molecule has 0 saturated carbocycles. The van der Waals surface area contributed by atoms with Crippen molar-refractivity contribution in [1.82, 2.24) is 15.5 Å². The Morgan fingerprint density at radius 2 is 2.10 bits per heavy atom. The van der Waals surface area contributed by atoms with E-state index < -0.39 is 6.03 Å². The second kappa shape index (κ2) is 8.52. The van der Waals surface area contributed by atoms with Gasteiger partial charge in [0.1, 0.15) is 0 Å². The lowest BCUT2D eigenvalue weighted by molar-refractivity contribution is -0.149. The first-order chi connectivity index (χ1) is 9.56. The van der Waals surface area contributed by atoms with Gasteiger partial charge in [-0.3, -0.25) is 14.9 Å². The van der Waals surface area contributed by atoms with Gasteiger partial charge in [-0.05, 0) is 26.3 Å². The molecule has 0 aromatic carbocycles. The van der Waals surface area contributed by atoms with Gasteiger partial charge in [-0.15, -0.1) is 0 Å². The lowest BCUT2D eigenvalue weighted by Gasteiger charge is -2.31. The number of esters is 1. The zero-order valence-electron chi connectivity index (χ0n) is 12.1. The zero-order chi connectivity index (χ0) is 15.0. The number of piperidine rings is 1. The number of nitrogens with zero attached hydrogens (tertiary/aromatic N) is 1. The van der Waals surface area contributed by atoms with Crippen molar-refractivity contribution in [3.8, 4) is 0 Å². The Balaban J connectivity index is 2.31. The van der Waals surface area contributed by atoms with Crippen LogP contribution in [0, 0.1) is 5.92 Å². The quantitative estimate of drug-likeness (QED) is 0.700. The van der Waals surface area contributed by atoms with E-state index >= 15 is 0 Å². The predicted molar refractivity (Wildman–Crippen MR) is 73.0 cm³/mol. The number of likely N-dealkylation sites (tertiary alicyclic amines) is 1. The highest BCUT2D eigenvalue weighted by atomic mass is 16.5. The molecule has 2 N–H and O–H groups in total. The van der Waals surface area contributed by atoms with E-state index in [1.165, 1.54) is 7.05 Å². The van der Waals surface area contributed by atoms with Gasteiger partial charge in [0.15, 0.2) is 0 Å². The minimum absolute atomic E-state index is 0.106. The summed E-state index contributed by atoms with van der Waals surface area (Å²) in [5.41, 5.74) is 0. The summed E-state index contributed by atoms with van der Waals surface area (Å²) >= 11 is 0. The number of nitrogens with one attached hydrogen (secondary N) is 2. The van der Waals surface area contributed by atoms with Crippen LogP contribution in [0.5, 0.6) is 0 Å². The SMILES string of the molecule is CCOC(=O)[C@@H]1CCCN(CCC(=O)NC(=O)NC)C1. The highest BCUT2D eigenvalue weighted by Crippen LogP contribution is 2.17. The van der Waals surface area contributed by atoms with Crippen LogP contribution in [0.1, 0.15) is 26.2 Å². The van der Waals surface area contributed by atoms with Gasteiger partial charge in [0.05, 0.1) is 12.5 Å². The highest BCUT2D eigenvalue weighted by Gasteiger charge is 2.26. The molecule has 0 aliphatic carbocycles. The molecule has 0 aromatic heterocycles. The maximum atomic E-state index is 11.7. The van der Waals surface area contributed by atoms with E-state index in [0.717, 1.165) is 19.4 Å². The molecule has 7 nitrogen and oxygen atoms in total. The van der Waals surface area contributed by atoms with Crippen LogP contribution < -0.4 is 10.6 Å². The number of carbonyl (C=O) groups excluding carboxylic acids is 3. The second-order valence-electron chi connectivity index (χ2n) is 4.77. The van der Waals surface area contributed by atoms with Gasteiger partial charge < -0.3 is 15.0 Å². The van der Waals surface area contributed by atoms with Crippen molar-refractivity contribution in [1.29, 1.82) is 0 Å². The highest BCUT2D eigenvalue weighted by molar-refractivity contribution is 5.94. The Morgan fingerprint density at radius 3 is 2.75 bits per heavy atom. The molecule has 0 unspecified atom stereocenters. The molecular weight excluding hydrogens is 262 g/mol. The number of carbonyl (C=O) groups is 3. The van der Waals surface area contributed by atoms with Crippen LogP contribution in [0.15, 0.2) is 0 Å². The summed E-state index contributed by atoms with van der Waals surface area (Å²) < 4.78 is 5.02. The molecule has 1 heterocycles. The van der Waals surface area contributed by atoms with E-state index in [1.807, 2.05) is 0 Å². The number of rotatable bonds is 5. The van der Waals surface area contributed by atoms with Crippen LogP contribution in [0.4, 0.5) is 4.79 Å². The minimum atomic E-state index is -0.502.